The van der Waals surface area contributed by atoms with Crippen LogP contribution in [0.15, 0.2) is 12.1 Å². The van der Waals surface area contributed by atoms with Crippen molar-refractivity contribution in [2.45, 2.75) is 20.8 Å². The van der Waals surface area contributed by atoms with E-state index in [4.69, 9.17) is 14.2 Å². The molecule has 0 aromatic heterocycles. The van der Waals surface area contributed by atoms with Gasteiger partial charge in [-0.15, -0.1) is 0 Å². The summed E-state index contributed by atoms with van der Waals surface area (Å²) < 4.78 is 17.1. The van der Waals surface area contributed by atoms with Gasteiger partial charge in [0.2, 0.25) is 5.75 Å². The molecule has 0 atom stereocenters. The second kappa shape index (κ2) is 8.78. The lowest BCUT2D eigenvalue weighted by Gasteiger charge is -2.32. The highest BCUT2D eigenvalue weighted by molar-refractivity contribution is 5.95. The SMILES string of the molecule is CCOc1cc(C(=O)N2CCN(C)CC2)cc(OCC)c1OCC. The third-order valence-electron chi connectivity index (χ3n) is 3.95. The van der Waals surface area contributed by atoms with Crippen LogP contribution < -0.4 is 14.2 Å². The van der Waals surface area contributed by atoms with Crippen molar-refractivity contribution < 1.29 is 19.0 Å². The number of carbonyl (C=O) groups excluding carboxylic acids is 1. The van der Waals surface area contributed by atoms with Crippen LogP contribution >= 0.6 is 0 Å². The molecule has 6 nitrogen and oxygen atoms in total. The molecule has 24 heavy (non-hydrogen) atoms. The Morgan fingerprint density at radius 3 is 1.88 bits per heavy atom. The Morgan fingerprint density at radius 1 is 0.917 bits per heavy atom. The van der Waals surface area contributed by atoms with E-state index < -0.39 is 0 Å². The second-order valence-electron chi connectivity index (χ2n) is 5.70. The van der Waals surface area contributed by atoms with Gasteiger partial charge in [-0.05, 0) is 40.0 Å². The van der Waals surface area contributed by atoms with E-state index in [9.17, 15) is 4.79 Å². The Hall–Kier alpha value is -1.95. The Morgan fingerprint density at radius 2 is 1.42 bits per heavy atom. The molecule has 1 aromatic rings. The lowest BCUT2D eigenvalue weighted by molar-refractivity contribution is 0.0663. The van der Waals surface area contributed by atoms with E-state index in [0.29, 0.717) is 42.6 Å². The number of likely N-dealkylation sites (N-methyl/N-ethyl adjacent to an activating group) is 1. The van der Waals surface area contributed by atoms with Gasteiger partial charge in [-0.1, -0.05) is 0 Å². The van der Waals surface area contributed by atoms with Crippen molar-refractivity contribution >= 4 is 5.91 Å². The largest absolute Gasteiger partial charge is 0.490 e. The highest BCUT2D eigenvalue weighted by atomic mass is 16.5. The Labute approximate surface area is 144 Å². The van der Waals surface area contributed by atoms with Gasteiger partial charge in [-0.2, -0.15) is 0 Å². The van der Waals surface area contributed by atoms with Gasteiger partial charge < -0.3 is 24.0 Å². The van der Waals surface area contributed by atoms with Gasteiger partial charge in [-0.25, -0.2) is 0 Å². The van der Waals surface area contributed by atoms with Crippen molar-refractivity contribution in [3.63, 3.8) is 0 Å². The van der Waals surface area contributed by atoms with E-state index in [0.717, 1.165) is 26.2 Å². The third kappa shape index (κ3) is 4.32. The maximum atomic E-state index is 12.8. The summed E-state index contributed by atoms with van der Waals surface area (Å²) >= 11 is 0. The molecule has 0 spiro atoms. The zero-order valence-electron chi connectivity index (χ0n) is 15.1. The zero-order valence-corrected chi connectivity index (χ0v) is 15.1. The molecule has 1 amide bonds. The molecule has 134 valence electrons. The van der Waals surface area contributed by atoms with Gasteiger partial charge in [-0.3, -0.25) is 4.79 Å². The second-order valence-corrected chi connectivity index (χ2v) is 5.70. The predicted molar refractivity (Wildman–Crippen MR) is 93.3 cm³/mol. The van der Waals surface area contributed by atoms with Gasteiger partial charge in [0.15, 0.2) is 11.5 Å². The Bertz CT molecular complexity index is 527. The third-order valence-corrected chi connectivity index (χ3v) is 3.95. The summed E-state index contributed by atoms with van der Waals surface area (Å²) in [5.41, 5.74) is 0.579. The van der Waals surface area contributed by atoms with Crippen LogP contribution in [-0.2, 0) is 0 Å². The number of rotatable bonds is 7. The van der Waals surface area contributed by atoms with Gasteiger partial charge in [0.05, 0.1) is 19.8 Å². The van der Waals surface area contributed by atoms with Crippen LogP contribution in [0.3, 0.4) is 0 Å². The number of hydrogen-bond donors (Lipinski definition) is 0. The fourth-order valence-corrected chi connectivity index (χ4v) is 2.70. The van der Waals surface area contributed by atoms with E-state index in [1.165, 1.54) is 0 Å². The minimum absolute atomic E-state index is 0.00746. The number of ether oxygens (including phenoxy) is 3. The molecule has 0 aliphatic carbocycles. The van der Waals surface area contributed by atoms with Gasteiger partial charge in [0.25, 0.3) is 5.91 Å². The molecule has 1 aliphatic rings. The van der Waals surface area contributed by atoms with E-state index in [-0.39, 0.29) is 5.91 Å². The lowest BCUT2D eigenvalue weighted by atomic mass is 10.1. The van der Waals surface area contributed by atoms with Gasteiger partial charge in [0.1, 0.15) is 0 Å². The Kier molecular flexibility index (Phi) is 6.73. The van der Waals surface area contributed by atoms with Crippen molar-refractivity contribution in [1.29, 1.82) is 0 Å². The van der Waals surface area contributed by atoms with Crippen LogP contribution in [-0.4, -0.2) is 68.8 Å². The molecule has 2 rings (SSSR count). The summed E-state index contributed by atoms with van der Waals surface area (Å²) in [6, 6.07) is 3.52. The fourth-order valence-electron chi connectivity index (χ4n) is 2.70. The molecule has 0 N–H and O–H groups in total. The number of carbonyl (C=O) groups is 1. The summed E-state index contributed by atoms with van der Waals surface area (Å²) in [5, 5.41) is 0. The molecule has 0 bridgehead atoms. The molecule has 1 saturated heterocycles. The highest BCUT2D eigenvalue weighted by Crippen LogP contribution is 2.39. The monoisotopic (exact) mass is 336 g/mol. The molecule has 1 aliphatic heterocycles. The minimum atomic E-state index is 0.00746. The van der Waals surface area contributed by atoms with Crippen LogP contribution in [0.2, 0.25) is 0 Å². The first-order chi connectivity index (χ1) is 11.6. The first-order valence-electron chi connectivity index (χ1n) is 8.64. The standard InChI is InChI=1S/C18H28N2O4/c1-5-22-15-12-14(13-16(23-6-2)17(15)24-7-3)18(21)20-10-8-19(4)9-11-20/h12-13H,5-11H2,1-4H3. The Balaban J connectivity index is 2.33. The van der Waals surface area contributed by atoms with Crippen molar-refractivity contribution in [2.75, 3.05) is 53.0 Å². The van der Waals surface area contributed by atoms with Crippen molar-refractivity contribution in [3.8, 4) is 17.2 Å². The smallest absolute Gasteiger partial charge is 0.254 e. The molecule has 1 fully saturated rings. The van der Waals surface area contributed by atoms with Gasteiger partial charge in [0, 0.05) is 31.7 Å². The fraction of sp³-hybridized carbons (Fsp3) is 0.611. The molecule has 0 radical (unpaired) electrons. The van der Waals surface area contributed by atoms with Crippen LogP contribution in [0, 0.1) is 0 Å². The van der Waals surface area contributed by atoms with E-state index >= 15 is 0 Å². The van der Waals surface area contributed by atoms with Crippen LogP contribution in [0.1, 0.15) is 31.1 Å². The minimum Gasteiger partial charge on any atom is -0.490 e. The lowest BCUT2D eigenvalue weighted by Crippen LogP contribution is -2.47. The van der Waals surface area contributed by atoms with Gasteiger partial charge >= 0.3 is 0 Å². The number of hydrogen-bond acceptors (Lipinski definition) is 5. The van der Waals surface area contributed by atoms with Crippen LogP contribution in [0.25, 0.3) is 0 Å². The number of amides is 1. The van der Waals surface area contributed by atoms with Crippen molar-refractivity contribution in [2.24, 2.45) is 0 Å². The average molecular weight is 336 g/mol. The highest BCUT2D eigenvalue weighted by Gasteiger charge is 2.24. The molecule has 0 unspecified atom stereocenters. The average Bonchev–Trinajstić information content (AvgIpc) is 2.58. The number of nitrogens with zero attached hydrogens (tertiary/aromatic N) is 2. The summed E-state index contributed by atoms with van der Waals surface area (Å²) in [6.07, 6.45) is 0. The normalized spacial score (nSPS) is 15.2. The maximum absolute atomic E-state index is 12.8. The predicted octanol–water partition coefficient (Wildman–Crippen LogP) is 2.27. The molecular formula is C18H28N2O4. The summed E-state index contributed by atoms with van der Waals surface area (Å²) in [7, 11) is 2.07. The van der Waals surface area contributed by atoms with E-state index in [2.05, 4.69) is 11.9 Å². The first kappa shape index (κ1) is 18.4. The van der Waals surface area contributed by atoms with Crippen LogP contribution in [0.5, 0.6) is 17.2 Å². The summed E-state index contributed by atoms with van der Waals surface area (Å²) in [5.74, 6) is 1.69. The molecule has 6 heteroatoms. The quantitative estimate of drug-likeness (QED) is 0.764. The van der Waals surface area contributed by atoms with E-state index in [1.54, 1.807) is 12.1 Å². The topological polar surface area (TPSA) is 51.2 Å². The van der Waals surface area contributed by atoms with E-state index in [1.807, 2.05) is 25.7 Å². The molecule has 1 heterocycles. The number of benzene rings is 1. The number of piperazine rings is 1. The van der Waals surface area contributed by atoms with Crippen LogP contribution in [0.4, 0.5) is 0 Å². The maximum Gasteiger partial charge on any atom is 0.254 e. The molecule has 0 saturated carbocycles. The molecular weight excluding hydrogens is 308 g/mol. The zero-order chi connectivity index (χ0) is 17.5. The van der Waals surface area contributed by atoms with Crippen molar-refractivity contribution in [3.05, 3.63) is 17.7 Å². The first-order valence-corrected chi connectivity index (χ1v) is 8.64. The van der Waals surface area contributed by atoms with Crippen molar-refractivity contribution in [1.82, 2.24) is 9.80 Å². The summed E-state index contributed by atoms with van der Waals surface area (Å²) in [6.45, 7) is 10.5. The molecule has 1 aromatic carbocycles. The summed E-state index contributed by atoms with van der Waals surface area (Å²) in [4.78, 5) is 16.9.